The molecule has 2 rings (SSSR count). The molecule has 4 heteroatoms. The minimum absolute atomic E-state index is 0.148. The van der Waals surface area contributed by atoms with Crippen molar-refractivity contribution in [1.82, 2.24) is 10.6 Å². The van der Waals surface area contributed by atoms with Gasteiger partial charge in [0, 0.05) is 19.0 Å². The van der Waals surface area contributed by atoms with Gasteiger partial charge in [0.15, 0.2) is 0 Å². The van der Waals surface area contributed by atoms with Gasteiger partial charge in [-0.2, -0.15) is 0 Å². The first-order valence-electron chi connectivity index (χ1n) is 7.99. The van der Waals surface area contributed by atoms with E-state index < -0.39 is 0 Å². The quantitative estimate of drug-likeness (QED) is 0.810. The Hall–Kier alpha value is -1.55. The summed E-state index contributed by atoms with van der Waals surface area (Å²) in [6, 6.07) is 8.35. The van der Waals surface area contributed by atoms with Crippen LogP contribution in [0, 0.1) is 0 Å². The van der Waals surface area contributed by atoms with Crippen LogP contribution in [0.25, 0.3) is 0 Å². The number of piperidine rings is 1. The molecule has 0 radical (unpaired) electrons. The minimum Gasteiger partial charge on any atom is -0.494 e. The first-order chi connectivity index (χ1) is 10.3. The van der Waals surface area contributed by atoms with Crippen molar-refractivity contribution in [2.45, 2.75) is 45.1 Å². The summed E-state index contributed by atoms with van der Waals surface area (Å²) in [5.41, 5.74) is 1.18. The molecule has 0 spiro atoms. The molecule has 1 heterocycles. The maximum Gasteiger partial charge on any atom is 0.220 e. The van der Waals surface area contributed by atoms with E-state index in [2.05, 4.69) is 17.6 Å². The Morgan fingerprint density at radius 3 is 2.86 bits per heavy atom. The zero-order chi connectivity index (χ0) is 14.9. The fourth-order valence-corrected chi connectivity index (χ4v) is 2.50. The number of benzene rings is 1. The number of rotatable bonds is 7. The zero-order valence-corrected chi connectivity index (χ0v) is 12.9. The highest BCUT2D eigenvalue weighted by molar-refractivity contribution is 5.76. The highest BCUT2D eigenvalue weighted by atomic mass is 16.5. The molecule has 116 valence electrons. The van der Waals surface area contributed by atoms with E-state index in [4.69, 9.17) is 4.74 Å². The lowest BCUT2D eigenvalue weighted by atomic mass is 10.1. The van der Waals surface area contributed by atoms with Gasteiger partial charge >= 0.3 is 0 Å². The number of carbonyl (C=O) groups is 1. The van der Waals surface area contributed by atoms with Gasteiger partial charge in [-0.3, -0.25) is 4.79 Å². The van der Waals surface area contributed by atoms with Crippen LogP contribution in [0.4, 0.5) is 0 Å². The summed E-state index contributed by atoms with van der Waals surface area (Å²) >= 11 is 0. The van der Waals surface area contributed by atoms with Gasteiger partial charge in [0.1, 0.15) is 5.75 Å². The smallest absolute Gasteiger partial charge is 0.220 e. The number of hydrogen-bond acceptors (Lipinski definition) is 3. The van der Waals surface area contributed by atoms with Crippen molar-refractivity contribution in [2.75, 3.05) is 19.7 Å². The number of aryl methyl sites for hydroxylation is 1. The van der Waals surface area contributed by atoms with Gasteiger partial charge in [0.25, 0.3) is 0 Å². The molecule has 4 nitrogen and oxygen atoms in total. The molecule has 1 aliphatic heterocycles. The lowest BCUT2D eigenvalue weighted by Crippen LogP contribution is -2.45. The molecule has 1 aromatic rings. The predicted octanol–water partition coefficient (Wildman–Crippen LogP) is 2.28. The summed E-state index contributed by atoms with van der Waals surface area (Å²) in [5, 5.41) is 6.41. The molecule has 21 heavy (non-hydrogen) atoms. The number of hydrogen-bond donors (Lipinski definition) is 2. The van der Waals surface area contributed by atoms with E-state index in [9.17, 15) is 4.79 Å². The number of ether oxygens (including phenoxy) is 1. The van der Waals surface area contributed by atoms with Crippen LogP contribution in [0.2, 0.25) is 0 Å². The van der Waals surface area contributed by atoms with Crippen LogP contribution < -0.4 is 15.4 Å². The van der Waals surface area contributed by atoms with Crippen LogP contribution in [0.1, 0.15) is 38.2 Å². The second-order valence-electron chi connectivity index (χ2n) is 5.60. The van der Waals surface area contributed by atoms with Gasteiger partial charge in [0.2, 0.25) is 5.91 Å². The highest BCUT2D eigenvalue weighted by Crippen LogP contribution is 2.13. The average molecular weight is 290 g/mol. The van der Waals surface area contributed by atoms with Crippen LogP contribution in [0.3, 0.4) is 0 Å². The molecule has 1 saturated heterocycles. The lowest BCUT2D eigenvalue weighted by Gasteiger charge is -2.23. The third-order valence-electron chi connectivity index (χ3n) is 3.70. The van der Waals surface area contributed by atoms with Crippen molar-refractivity contribution >= 4 is 5.91 Å². The fourth-order valence-electron chi connectivity index (χ4n) is 2.50. The molecule has 1 unspecified atom stereocenters. The van der Waals surface area contributed by atoms with Crippen molar-refractivity contribution in [3.63, 3.8) is 0 Å². The molecule has 1 atom stereocenters. The number of nitrogens with one attached hydrogen (secondary N) is 2. The standard InChI is InChI=1S/C17H26N2O2/c1-2-12-21-16-8-5-14(6-9-16)7-10-17(20)19-15-4-3-11-18-13-15/h5-6,8-9,15,18H,2-4,7,10-13H2,1H3,(H,19,20). The van der Waals surface area contributed by atoms with Gasteiger partial charge in [-0.25, -0.2) is 0 Å². The van der Waals surface area contributed by atoms with Crippen LogP contribution in [-0.4, -0.2) is 31.6 Å². The Balaban J connectivity index is 1.70. The summed E-state index contributed by atoms with van der Waals surface area (Å²) in [6.07, 6.45) is 4.57. The van der Waals surface area contributed by atoms with E-state index in [1.54, 1.807) is 0 Å². The van der Waals surface area contributed by atoms with E-state index in [0.717, 1.165) is 51.1 Å². The molecule has 1 aromatic carbocycles. The normalized spacial score (nSPS) is 18.2. The average Bonchev–Trinajstić information content (AvgIpc) is 2.53. The summed E-state index contributed by atoms with van der Waals surface area (Å²) in [7, 11) is 0. The molecule has 1 aliphatic rings. The van der Waals surface area contributed by atoms with Crippen LogP contribution in [0.15, 0.2) is 24.3 Å². The van der Waals surface area contributed by atoms with Crippen molar-refractivity contribution in [3.8, 4) is 5.75 Å². The van der Waals surface area contributed by atoms with Crippen molar-refractivity contribution in [1.29, 1.82) is 0 Å². The largest absolute Gasteiger partial charge is 0.494 e. The molecule has 0 bridgehead atoms. The van der Waals surface area contributed by atoms with Gasteiger partial charge < -0.3 is 15.4 Å². The Morgan fingerprint density at radius 2 is 2.19 bits per heavy atom. The maximum absolute atomic E-state index is 11.9. The molecule has 0 aromatic heterocycles. The minimum atomic E-state index is 0.148. The Kier molecular flexibility index (Phi) is 6.54. The highest BCUT2D eigenvalue weighted by Gasteiger charge is 2.14. The second kappa shape index (κ2) is 8.67. The van der Waals surface area contributed by atoms with Gasteiger partial charge in [-0.05, 0) is 49.9 Å². The van der Waals surface area contributed by atoms with E-state index in [-0.39, 0.29) is 5.91 Å². The predicted molar refractivity (Wildman–Crippen MR) is 84.6 cm³/mol. The molecular formula is C17H26N2O2. The van der Waals surface area contributed by atoms with E-state index in [0.29, 0.717) is 12.5 Å². The fraction of sp³-hybridized carbons (Fsp3) is 0.588. The summed E-state index contributed by atoms with van der Waals surface area (Å²) in [6.45, 7) is 4.81. The molecular weight excluding hydrogens is 264 g/mol. The van der Waals surface area contributed by atoms with E-state index in [1.807, 2.05) is 24.3 Å². The number of carbonyl (C=O) groups excluding carboxylic acids is 1. The summed E-state index contributed by atoms with van der Waals surface area (Å²) in [5.74, 6) is 1.05. The molecule has 1 amide bonds. The van der Waals surface area contributed by atoms with Crippen molar-refractivity contribution in [2.24, 2.45) is 0 Å². The maximum atomic E-state index is 11.9. The second-order valence-corrected chi connectivity index (χ2v) is 5.60. The van der Waals surface area contributed by atoms with E-state index in [1.165, 1.54) is 5.56 Å². The SMILES string of the molecule is CCCOc1ccc(CCC(=O)NC2CCCNC2)cc1. The summed E-state index contributed by atoms with van der Waals surface area (Å²) in [4.78, 5) is 11.9. The number of amides is 1. The zero-order valence-electron chi connectivity index (χ0n) is 12.9. The monoisotopic (exact) mass is 290 g/mol. The molecule has 0 aliphatic carbocycles. The van der Waals surface area contributed by atoms with Crippen molar-refractivity contribution < 1.29 is 9.53 Å². The first-order valence-corrected chi connectivity index (χ1v) is 7.99. The Labute approximate surface area is 127 Å². The van der Waals surface area contributed by atoms with Gasteiger partial charge in [-0.15, -0.1) is 0 Å². The van der Waals surface area contributed by atoms with Crippen LogP contribution >= 0.6 is 0 Å². The van der Waals surface area contributed by atoms with Gasteiger partial charge in [0.05, 0.1) is 6.61 Å². The van der Waals surface area contributed by atoms with Crippen LogP contribution in [-0.2, 0) is 11.2 Å². The topological polar surface area (TPSA) is 50.4 Å². The lowest BCUT2D eigenvalue weighted by molar-refractivity contribution is -0.121. The molecule has 0 saturated carbocycles. The molecule has 2 N–H and O–H groups in total. The third kappa shape index (κ3) is 5.76. The van der Waals surface area contributed by atoms with E-state index >= 15 is 0 Å². The summed E-state index contributed by atoms with van der Waals surface area (Å²) < 4.78 is 5.55. The van der Waals surface area contributed by atoms with Crippen LogP contribution in [0.5, 0.6) is 5.75 Å². The first kappa shape index (κ1) is 15.8. The molecule has 1 fully saturated rings. The third-order valence-corrected chi connectivity index (χ3v) is 3.70. The Bertz CT molecular complexity index is 425. The van der Waals surface area contributed by atoms with Gasteiger partial charge in [-0.1, -0.05) is 19.1 Å². The Morgan fingerprint density at radius 1 is 1.38 bits per heavy atom. The van der Waals surface area contributed by atoms with Crippen molar-refractivity contribution in [3.05, 3.63) is 29.8 Å².